The lowest BCUT2D eigenvalue weighted by Crippen LogP contribution is -2.11. The van der Waals surface area contributed by atoms with Crippen LogP contribution in [0.3, 0.4) is 0 Å². The van der Waals surface area contributed by atoms with E-state index in [4.69, 9.17) is 9.52 Å². The summed E-state index contributed by atoms with van der Waals surface area (Å²) in [4.78, 5) is 12.6. The molecule has 0 aliphatic heterocycles. The zero-order valence-electron chi connectivity index (χ0n) is 16.1. The first-order valence-corrected chi connectivity index (χ1v) is 9.41. The Morgan fingerprint density at radius 2 is 1.62 bits per heavy atom. The minimum absolute atomic E-state index is 0.129. The summed E-state index contributed by atoms with van der Waals surface area (Å²) < 4.78 is 5.60. The summed E-state index contributed by atoms with van der Waals surface area (Å²) in [6.45, 7) is 1.83. The van der Waals surface area contributed by atoms with Crippen LogP contribution in [0.2, 0.25) is 0 Å². The molecule has 29 heavy (non-hydrogen) atoms. The van der Waals surface area contributed by atoms with E-state index in [0.29, 0.717) is 17.1 Å². The summed E-state index contributed by atoms with van der Waals surface area (Å²) in [5.41, 5.74) is 5.41. The van der Waals surface area contributed by atoms with Crippen molar-refractivity contribution in [3.63, 3.8) is 0 Å². The lowest BCUT2D eigenvalue weighted by atomic mass is 10.0. The molecule has 0 bridgehead atoms. The highest BCUT2D eigenvalue weighted by Crippen LogP contribution is 2.28. The molecule has 0 spiro atoms. The Morgan fingerprint density at radius 1 is 0.897 bits per heavy atom. The molecule has 0 fully saturated rings. The molecular weight excluding hydrogens is 362 g/mol. The summed E-state index contributed by atoms with van der Waals surface area (Å²) in [5.74, 6) is 1.06. The van der Waals surface area contributed by atoms with E-state index < -0.39 is 0 Å². The third-order valence-electron chi connectivity index (χ3n) is 4.82. The maximum atomic E-state index is 12.6. The smallest absolute Gasteiger partial charge is 0.255 e. The number of anilines is 1. The molecule has 2 N–H and O–H groups in total. The monoisotopic (exact) mass is 383 g/mol. The molecule has 144 valence electrons. The fourth-order valence-electron chi connectivity index (χ4n) is 3.27. The zero-order chi connectivity index (χ0) is 20.2. The van der Waals surface area contributed by atoms with Crippen LogP contribution in [0.1, 0.15) is 21.7 Å². The largest absolute Gasteiger partial charge is 0.459 e. The van der Waals surface area contributed by atoms with Crippen molar-refractivity contribution in [2.45, 2.75) is 13.5 Å². The highest BCUT2D eigenvalue weighted by Gasteiger charge is 2.11. The average molecular weight is 383 g/mol. The molecule has 0 radical (unpaired) electrons. The van der Waals surface area contributed by atoms with Gasteiger partial charge in [0.05, 0.1) is 0 Å². The van der Waals surface area contributed by atoms with Gasteiger partial charge in [0.15, 0.2) is 0 Å². The van der Waals surface area contributed by atoms with Crippen molar-refractivity contribution in [3.8, 4) is 22.5 Å². The molecule has 0 saturated carbocycles. The molecule has 1 heterocycles. The molecule has 0 unspecified atom stereocenters. The zero-order valence-corrected chi connectivity index (χ0v) is 16.1. The molecular formula is C25H21NO3. The molecule has 0 aliphatic carbocycles. The van der Waals surface area contributed by atoms with Crippen molar-refractivity contribution in [2.24, 2.45) is 0 Å². The number of aryl methyl sites for hydroxylation is 1. The molecule has 4 heteroatoms. The number of carbonyl (C=O) groups excluding carboxylic acids is 1. The third-order valence-corrected chi connectivity index (χ3v) is 4.82. The Hall–Kier alpha value is -3.63. The second-order valence-electron chi connectivity index (χ2n) is 6.85. The number of hydrogen-bond acceptors (Lipinski definition) is 3. The minimum Gasteiger partial charge on any atom is -0.459 e. The number of rotatable bonds is 5. The van der Waals surface area contributed by atoms with Gasteiger partial charge in [-0.15, -0.1) is 0 Å². The molecule has 4 rings (SSSR count). The van der Waals surface area contributed by atoms with Gasteiger partial charge in [0.1, 0.15) is 18.1 Å². The van der Waals surface area contributed by atoms with Crippen molar-refractivity contribution in [1.82, 2.24) is 0 Å². The predicted molar refractivity (Wildman–Crippen MR) is 115 cm³/mol. The molecule has 1 amide bonds. The van der Waals surface area contributed by atoms with Gasteiger partial charge < -0.3 is 14.8 Å². The number of aliphatic hydroxyl groups excluding tert-OH is 1. The van der Waals surface area contributed by atoms with Crippen LogP contribution in [0, 0.1) is 6.92 Å². The van der Waals surface area contributed by atoms with Crippen LogP contribution in [0.25, 0.3) is 22.5 Å². The van der Waals surface area contributed by atoms with E-state index in [1.54, 1.807) is 6.07 Å². The number of aliphatic hydroxyl groups is 1. The Balaban J connectivity index is 1.49. The Labute approximate surface area is 169 Å². The molecule has 1 aromatic heterocycles. The summed E-state index contributed by atoms with van der Waals surface area (Å²) in [6, 6.07) is 26.9. The number of benzene rings is 3. The van der Waals surface area contributed by atoms with Crippen LogP contribution >= 0.6 is 0 Å². The average Bonchev–Trinajstić information content (AvgIpc) is 3.23. The number of nitrogens with one attached hydrogen (secondary N) is 1. The van der Waals surface area contributed by atoms with Crippen molar-refractivity contribution >= 4 is 11.6 Å². The number of furan rings is 1. The molecule has 3 aromatic carbocycles. The Bertz CT molecular complexity index is 1130. The van der Waals surface area contributed by atoms with Crippen LogP contribution < -0.4 is 5.32 Å². The van der Waals surface area contributed by atoms with Gasteiger partial charge >= 0.3 is 0 Å². The standard InChI is InChI=1S/C25H21NO3/c1-17-15-21(11-13-23(17)24-14-12-22(16-27)29-24)26-25(28)20-9-7-19(8-10-20)18-5-3-2-4-6-18/h2-15,27H,16H2,1H3,(H,26,28). The molecule has 4 aromatic rings. The van der Waals surface area contributed by atoms with Crippen LogP contribution in [0.15, 0.2) is 89.3 Å². The van der Waals surface area contributed by atoms with E-state index in [-0.39, 0.29) is 12.5 Å². The summed E-state index contributed by atoms with van der Waals surface area (Å²) >= 11 is 0. The van der Waals surface area contributed by atoms with E-state index >= 15 is 0 Å². The van der Waals surface area contributed by atoms with Gasteiger partial charge in [0.2, 0.25) is 0 Å². The maximum Gasteiger partial charge on any atom is 0.255 e. The third kappa shape index (κ3) is 4.13. The molecule has 0 aliphatic rings. The van der Waals surface area contributed by atoms with Gasteiger partial charge in [-0.3, -0.25) is 4.79 Å². The van der Waals surface area contributed by atoms with Gasteiger partial charge in [-0.2, -0.15) is 0 Å². The number of amides is 1. The van der Waals surface area contributed by atoms with Gasteiger partial charge in [0.25, 0.3) is 5.91 Å². The number of carbonyl (C=O) groups is 1. The van der Waals surface area contributed by atoms with Gasteiger partial charge in [-0.05, 0) is 66.1 Å². The first kappa shape index (κ1) is 18.7. The topological polar surface area (TPSA) is 62.5 Å². The molecule has 0 atom stereocenters. The highest BCUT2D eigenvalue weighted by atomic mass is 16.4. The summed E-state index contributed by atoms with van der Waals surface area (Å²) in [7, 11) is 0. The molecule has 0 saturated heterocycles. The minimum atomic E-state index is -0.155. The van der Waals surface area contributed by atoms with Crippen molar-refractivity contribution in [1.29, 1.82) is 0 Å². The fraction of sp³-hybridized carbons (Fsp3) is 0.0800. The fourth-order valence-corrected chi connectivity index (χ4v) is 3.27. The van der Waals surface area contributed by atoms with E-state index in [1.165, 1.54) is 0 Å². The first-order valence-electron chi connectivity index (χ1n) is 9.41. The SMILES string of the molecule is Cc1cc(NC(=O)c2ccc(-c3ccccc3)cc2)ccc1-c1ccc(CO)o1. The summed E-state index contributed by atoms with van der Waals surface area (Å²) in [6.07, 6.45) is 0. The van der Waals surface area contributed by atoms with E-state index in [2.05, 4.69) is 5.32 Å². The van der Waals surface area contributed by atoms with Gasteiger partial charge in [0, 0.05) is 16.8 Å². The lowest BCUT2D eigenvalue weighted by Gasteiger charge is -2.09. The second-order valence-corrected chi connectivity index (χ2v) is 6.85. The Kier molecular flexibility index (Phi) is 5.27. The second kappa shape index (κ2) is 8.17. The summed E-state index contributed by atoms with van der Waals surface area (Å²) in [5, 5.41) is 12.1. The highest BCUT2D eigenvalue weighted by molar-refractivity contribution is 6.04. The predicted octanol–water partition coefficient (Wildman–Crippen LogP) is 5.67. The lowest BCUT2D eigenvalue weighted by molar-refractivity contribution is 0.102. The number of hydrogen-bond donors (Lipinski definition) is 2. The van der Waals surface area contributed by atoms with Crippen LogP contribution in [-0.4, -0.2) is 11.0 Å². The van der Waals surface area contributed by atoms with E-state index in [1.807, 2.05) is 85.8 Å². The normalized spacial score (nSPS) is 10.7. The Morgan fingerprint density at radius 3 is 2.28 bits per heavy atom. The van der Waals surface area contributed by atoms with Crippen LogP contribution in [0.4, 0.5) is 5.69 Å². The van der Waals surface area contributed by atoms with E-state index in [0.717, 1.165) is 27.9 Å². The molecule has 4 nitrogen and oxygen atoms in total. The van der Waals surface area contributed by atoms with Crippen molar-refractivity contribution < 1.29 is 14.3 Å². The van der Waals surface area contributed by atoms with Crippen molar-refractivity contribution in [2.75, 3.05) is 5.32 Å². The quantitative estimate of drug-likeness (QED) is 0.467. The van der Waals surface area contributed by atoms with Crippen LogP contribution in [0.5, 0.6) is 0 Å². The van der Waals surface area contributed by atoms with Crippen molar-refractivity contribution in [3.05, 3.63) is 102 Å². The first-order chi connectivity index (χ1) is 14.1. The van der Waals surface area contributed by atoms with Gasteiger partial charge in [-0.25, -0.2) is 0 Å². The van der Waals surface area contributed by atoms with E-state index in [9.17, 15) is 4.79 Å². The maximum absolute atomic E-state index is 12.6. The van der Waals surface area contributed by atoms with Gasteiger partial charge in [-0.1, -0.05) is 42.5 Å². The van der Waals surface area contributed by atoms with Crippen LogP contribution in [-0.2, 0) is 6.61 Å².